The van der Waals surface area contributed by atoms with Crippen LogP contribution in [0.5, 0.6) is 0 Å². The Hall–Kier alpha value is -0.790. The second-order valence-corrected chi connectivity index (χ2v) is 4.00. The first-order chi connectivity index (χ1) is 6.34. The molecule has 0 unspecified atom stereocenters. The highest BCUT2D eigenvalue weighted by Gasteiger charge is 2.25. The number of carbonyl (C=O) groups is 1. The highest BCUT2D eigenvalue weighted by atomic mass is 16.5. The van der Waals surface area contributed by atoms with E-state index in [1.165, 1.54) is 24.8 Å². The topological polar surface area (TPSA) is 26.3 Å². The van der Waals surface area contributed by atoms with E-state index >= 15 is 0 Å². The standard InChI is InChI=1S/C11H16O2/c12-11(13-10-6-7-10)8-9-4-2-1-3-5-9/h8,10H,1-7H2. The van der Waals surface area contributed by atoms with Crippen LogP contribution < -0.4 is 0 Å². The van der Waals surface area contributed by atoms with Crippen molar-refractivity contribution in [2.24, 2.45) is 0 Å². The van der Waals surface area contributed by atoms with Crippen molar-refractivity contribution in [3.8, 4) is 0 Å². The Morgan fingerprint density at radius 3 is 2.54 bits per heavy atom. The van der Waals surface area contributed by atoms with Gasteiger partial charge in [0.2, 0.25) is 0 Å². The van der Waals surface area contributed by atoms with Gasteiger partial charge < -0.3 is 4.74 Å². The molecule has 0 saturated heterocycles. The van der Waals surface area contributed by atoms with Gasteiger partial charge in [-0.2, -0.15) is 0 Å². The van der Waals surface area contributed by atoms with Crippen molar-refractivity contribution in [3.63, 3.8) is 0 Å². The number of esters is 1. The molecule has 0 radical (unpaired) electrons. The van der Waals surface area contributed by atoms with Crippen LogP contribution in [0.2, 0.25) is 0 Å². The van der Waals surface area contributed by atoms with E-state index < -0.39 is 0 Å². The van der Waals surface area contributed by atoms with E-state index in [0.29, 0.717) is 0 Å². The highest BCUT2D eigenvalue weighted by Crippen LogP contribution is 2.25. The fourth-order valence-corrected chi connectivity index (χ4v) is 1.70. The average molecular weight is 180 g/mol. The molecule has 2 heteroatoms. The number of rotatable bonds is 2. The molecule has 0 atom stereocenters. The van der Waals surface area contributed by atoms with Gasteiger partial charge in [0, 0.05) is 6.08 Å². The van der Waals surface area contributed by atoms with Crippen molar-refractivity contribution in [1.29, 1.82) is 0 Å². The predicted molar refractivity (Wildman–Crippen MR) is 50.3 cm³/mol. The first kappa shape index (κ1) is 8.79. The van der Waals surface area contributed by atoms with Gasteiger partial charge in [-0.15, -0.1) is 0 Å². The minimum atomic E-state index is -0.112. The lowest BCUT2D eigenvalue weighted by Gasteiger charge is -2.12. The zero-order chi connectivity index (χ0) is 9.10. The summed E-state index contributed by atoms with van der Waals surface area (Å²) in [6, 6.07) is 0. The van der Waals surface area contributed by atoms with Gasteiger partial charge in [0.25, 0.3) is 0 Å². The summed E-state index contributed by atoms with van der Waals surface area (Å²) in [5.74, 6) is -0.112. The number of ether oxygens (including phenoxy) is 1. The monoisotopic (exact) mass is 180 g/mol. The molecule has 2 fully saturated rings. The summed E-state index contributed by atoms with van der Waals surface area (Å²) in [6.07, 6.45) is 10.1. The van der Waals surface area contributed by atoms with Crippen LogP contribution in [0.3, 0.4) is 0 Å². The molecule has 0 aromatic heterocycles. The Kier molecular flexibility index (Phi) is 2.67. The molecule has 13 heavy (non-hydrogen) atoms. The molecule has 0 spiro atoms. The van der Waals surface area contributed by atoms with Gasteiger partial charge in [0.1, 0.15) is 6.10 Å². The maximum absolute atomic E-state index is 11.3. The molecule has 2 aliphatic carbocycles. The molecule has 0 N–H and O–H groups in total. The SMILES string of the molecule is O=C(C=C1CCCCC1)OC1CC1. The van der Waals surface area contributed by atoms with Crippen molar-refractivity contribution in [2.75, 3.05) is 0 Å². The quantitative estimate of drug-likeness (QED) is 0.482. The Morgan fingerprint density at radius 1 is 1.23 bits per heavy atom. The molecular weight excluding hydrogens is 164 g/mol. The molecule has 2 aliphatic rings. The van der Waals surface area contributed by atoms with E-state index in [-0.39, 0.29) is 12.1 Å². The van der Waals surface area contributed by atoms with Gasteiger partial charge in [-0.05, 0) is 38.5 Å². The molecule has 2 saturated carbocycles. The Morgan fingerprint density at radius 2 is 1.92 bits per heavy atom. The lowest BCUT2D eigenvalue weighted by Crippen LogP contribution is -2.05. The minimum Gasteiger partial charge on any atom is -0.459 e. The fourth-order valence-electron chi connectivity index (χ4n) is 1.70. The fraction of sp³-hybridized carbons (Fsp3) is 0.727. The smallest absolute Gasteiger partial charge is 0.330 e. The van der Waals surface area contributed by atoms with Crippen LogP contribution in [-0.2, 0) is 9.53 Å². The van der Waals surface area contributed by atoms with E-state index in [0.717, 1.165) is 25.7 Å². The lowest BCUT2D eigenvalue weighted by atomic mass is 9.95. The molecule has 2 nitrogen and oxygen atoms in total. The Bertz CT molecular complexity index is 218. The van der Waals surface area contributed by atoms with Gasteiger partial charge in [0.05, 0.1) is 0 Å². The first-order valence-electron chi connectivity index (χ1n) is 5.24. The molecule has 72 valence electrons. The van der Waals surface area contributed by atoms with Gasteiger partial charge >= 0.3 is 5.97 Å². The molecule has 0 aliphatic heterocycles. The first-order valence-corrected chi connectivity index (χ1v) is 5.24. The van der Waals surface area contributed by atoms with E-state index in [4.69, 9.17) is 4.74 Å². The number of hydrogen-bond acceptors (Lipinski definition) is 2. The molecule has 2 rings (SSSR count). The third-order valence-electron chi connectivity index (χ3n) is 2.62. The summed E-state index contributed by atoms with van der Waals surface area (Å²) >= 11 is 0. The summed E-state index contributed by atoms with van der Waals surface area (Å²) in [7, 11) is 0. The van der Waals surface area contributed by atoms with E-state index in [1.54, 1.807) is 6.08 Å². The van der Waals surface area contributed by atoms with Crippen molar-refractivity contribution >= 4 is 5.97 Å². The van der Waals surface area contributed by atoms with Crippen molar-refractivity contribution in [3.05, 3.63) is 11.6 Å². The maximum Gasteiger partial charge on any atom is 0.330 e. The average Bonchev–Trinajstić information content (AvgIpc) is 2.90. The summed E-state index contributed by atoms with van der Waals surface area (Å²) in [5.41, 5.74) is 1.29. The Labute approximate surface area is 79.0 Å². The minimum absolute atomic E-state index is 0.112. The molecular formula is C11H16O2. The largest absolute Gasteiger partial charge is 0.459 e. The van der Waals surface area contributed by atoms with E-state index in [1.807, 2.05) is 0 Å². The second-order valence-electron chi connectivity index (χ2n) is 4.00. The van der Waals surface area contributed by atoms with Crippen LogP contribution >= 0.6 is 0 Å². The molecule has 0 amide bonds. The van der Waals surface area contributed by atoms with Gasteiger partial charge in [-0.3, -0.25) is 0 Å². The van der Waals surface area contributed by atoms with Crippen LogP contribution in [0.1, 0.15) is 44.9 Å². The lowest BCUT2D eigenvalue weighted by molar-refractivity contribution is -0.139. The number of allylic oxidation sites excluding steroid dienone is 1. The number of carbonyl (C=O) groups excluding carboxylic acids is 1. The van der Waals surface area contributed by atoms with Gasteiger partial charge in [0.15, 0.2) is 0 Å². The zero-order valence-corrected chi connectivity index (χ0v) is 7.92. The number of hydrogen-bond donors (Lipinski definition) is 0. The van der Waals surface area contributed by atoms with E-state index in [9.17, 15) is 4.79 Å². The van der Waals surface area contributed by atoms with Crippen molar-refractivity contribution in [2.45, 2.75) is 51.0 Å². The van der Waals surface area contributed by atoms with Crippen LogP contribution in [0, 0.1) is 0 Å². The Balaban J connectivity index is 1.81. The molecule has 0 heterocycles. The summed E-state index contributed by atoms with van der Waals surface area (Å²) in [6.45, 7) is 0. The maximum atomic E-state index is 11.3. The second kappa shape index (κ2) is 3.95. The third-order valence-corrected chi connectivity index (χ3v) is 2.62. The molecule has 0 bridgehead atoms. The van der Waals surface area contributed by atoms with Crippen LogP contribution in [0.15, 0.2) is 11.6 Å². The third kappa shape index (κ3) is 2.87. The van der Waals surface area contributed by atoms with Crippen LogP contribution in [0.4, 0.5) is 0 Å². The predicted octanol–water partition coefficient (Wildman–Crippen LogP) is 2.58. The molecule has 0 aromatic carbocycles. The van der Waals surface area contributed by atoms with E-state index in [2.05, 4.69) is 0 Å². The summed E-state index contributed by atoms with van der Waals surface area (Å²) < 4.78 is 5.15. The van der Waals surface area contributed by atoms with Gasteiger partial charge in [-0.25, -0.2) is 4.79 Å². The zero-order valence-electron chi connectivity index (χ0n) is 7.92. The van der Waals surface area contributed by atoms with Crippen LogP contribution in [0.25, 0.3) is 0 Å². The van der Waals surface area contributed by atoms with Gasteiger partial charge in [-0.1, -0.05) is 12.0 Å². The summed E-state index contributed by atoms with van der Waals surface area (Å²) in [4.78, 5) is 11.3. The van der Waals surface area contributed by atoms with Crippen molar-refractivity contribution < 1.29 is 9.53 Å². The van der Waals surface area contributed by atoms with Crippen molar-refractivity contribution in [1.82, 2.24) is 0 Å². The van der Waals surface area contributed by atoms with Crippen LogP contribution in [-0.4, -0.2) is 12.1 Å². The highest BCUT2D eigenvalue weighted by molar-refractivity contribution is 5.83. The molecule has 0 aromatic rings. The normalized spacial score (nSPS) is 22.6. The summed E-state index contributed by atoms with van der Waals surface area (Å²) in [5, 5.41) is 0.